The van der Waals surface area contributed by atoms with Gasteiger partial charge >= 0.3 is 11.9 Å². The zero-order valence-electron chi connectivity index (χ0n) is 9.10. The molecule has 1 amide bonds. The fraction of sp³-hybridized carbons (Fsp3) is 0.182. The largest absolute Gasteiger partial charge is 0.478 e. The number of primary amides is 1. The van der Waals surface area contributed by atoms with Crippen LogP contribution >= 0.6 is 0 Å². The van der Waals surface area contributed by atoms with Gasteiger partial charge in [-0.15, -0.1) is 0 Å². The Hall–Kier alpha value is -2.37. The molecule has 0 saturated heterocycles. The number of amides is 1. The highest BCUT2D eigenvalue weighted by molar-refractivity contribution is 6.01. The minimum absolute atomic E-state index is 0.0134. The first kappa shape index (κ1) is 12.7. The maximum atomic E-state index is 11.4. The Bertz CT molecular complexity index is 449. The van der Waals surface area contributed by atoms with Crippen LogP contribution in [0.3, 0.4) is 0 Å². The molecule has 6 nitrogen and oxygen atoms in total. The first-order chi connectivity index (χ1) is 7.95. The Morgan fingerprint density at radius 2 is 1.71 bits per heavy atom. The summed E-state index contributed by atoms with van der Waals surface area (Å²) in [4.78, 5) is 33.2. The minimum Gasteiger partial charge on any atom is -0.478 e. The number of ether oxygens (including phenoxy) is 1. The predicted octanol–water partition coefficient (Wildman–Crippen LogP) is 0.660. The van der Waals surface area contributed by atoms with E-state index in [1.165, 1.54) is 6.07 Å². The van der Waals surface area contributed by atoms with Crippen molar-refractivity contribution in [3.05, 3.63) is 34.9 Å². The van der Waals surface area contributed by atoms with Gasteiger partial charge in [0, 0.05) is 5.56 Å². The monoisotopic (exact) mass is 237 g/mol. The smallest absolute Gasteiger partial charge is 0.338 e. The highest BCUT2D eigenvalue weighted by Gasteiger charge is 2.14. The third kappa shape index (κ3) is 3.04. The van der Waals surface area contributed by atoms with E-state index in [1.54, 1.807) is 6.92 Å². The van der Waals surface area contributed by atoms with E-state index >= 15 is 0 Å². The molecule has 0 bridgehead atoms. The van der Waals surface area contributed by atoms with Gasteiger partial charge in [-0.3, -0.25) is 4.79 Å². The number of carbonyl (C=O) groups excluding carboxylic acids is 2. The maximum Gasteiger partial charge on any atom is 0.338 e. The van der Waals surface area contributed by atoms with Gasteiger partial charge in [0.15, 0.2) is 0 Å². The van der Waals surface area contributed by atoms with Gasteiger partial charge in [-0.05, 0) is 25.1 Å². The Kier molecular flexibility index (Phi) is 3.82. The Labute approximate surface area is 97.0 Å². The molecular weight excluding hydrogens is 226 g/mol. The number of rotatable bonds is 4. The van der Waals surface area contributed by atoms with Gasteiger partial charge in [-0.2, -0.15) is 0 Å². The number of hydrogen-bond donors (Lipinski definition) is 2. The van der Waals surface area contributed by atoms with Gasteiger partial charge < -0.3 is 15.6 Å². The summed E-state index contributed by atoms with van der Waals surface area (Å²) in [5.41, 5.74) is 4.79. The summed E-state index contributed by atoms with van der Waals surface area (Å²) in [5.74, 6) is -2.75. The molecule has 0 aliphatic heterocycles. The summed E-state index contributed by atoms with van der Waals surface area (Å²) in [6.07, 6.45) is 0. The normalized spacial score (nSPS) is 9.71. The van der Waals surface area contributed by atoms with Crippen LogP contribution in [0.2, 0.25) is 0 Å². The minimum atomic E-state index is -1.25. The molecule has 0 radical (unpaired) electrons. The molecule has 6 heteroatoms. The van der Waals surface area contributed by atoms with Gasteiger partial charge in [0.25, 0.3) is 0 Å². The number of benzene rings is 1. The lowest BCUT2D eigenvalue weighted by atomic mass is 10.1. The van der Waals surface area contributed by atoms with Crippen molar-refractivity contribution in [2.24, 2.45) is 5.73 Å². The fourth-order valence-electron chi connectivity index (χ4n) is 1.23. The van der Waals surface area contributed by atoms with Crippen molar-refractivity contribution in [2.45, 2.75) is 6.92 Å². The van der Waals surface area contributed by atoms with Crippen LogP contribution in [0, 0.1) is 0 Å². The Balaban J connectivity index is 3.26. The predicted molar refractivity (Wildman–Crippen MR) is 57.9 cm³/mol. The zero-order chi connectivity index (χ0) is 13.0. The van der Waals surface area contributed by atoms with Crippen LogP contribution in [0.5, 0.6) is 0 Å². The first-order valence-electron chi connectivity index (χ1n) is 4.81. The summed E-state index contributed by atoms with van der Waals surface area (Å²) in [6.45, 7) is 1.77. The van der Waals surface area contributed by atoms with Crippen LogP contribution in [0.25, 0.3) is 0 Å². The standard InChI is InChI=1S/C11H11NO5/c1-2-17-11(16)8-4-6(9(12)13)3-7(5-8)10(14)15/h3-5H,2H2,1H3,(H2,12,13)(H,14,15). The van der Waals surface area contributed by atoms with Gasteiger partial charge in [-0.1, -0.05) is 0 Å². The molecule has 0 aliphatic carbocycles. The number of aromatic carboxylic acids is 1. The van der Waals surface area contributed by atoms with E-state index < -0.39 is 17.8 Å². The lowest BCUT2D eigenvalue weighted by Gasteiger charge is -2.05. The second-order valence-electron chi connectivity index (χ2n) is 3.19. The fourth-order valence-corrected chi connectivity index (χ4v) is 1.23. The average Bonchev–Trinajstić information content (AvgIpc) is 2.28. The van der Waals surface area contributed by atoms with Crippen molar-refractivity contribution in [3.63, 3.8) is 0 Å². The zero-order valence-corrected chi connectivity index (χ0v) is 9.10. The molecule has 0 spiro atoms. The highest BCUT2D eigenvalue weighted by atomic mass is 16.5. The third-order valence-electron chi connectivity index (χ3n) is 1.98. The average molecular weight is 237 g/mol. The Morgan fingerprint density at radius 3 is 2.18 bits per heavy atom. The molecule has 90 valence electrons. The van der Waals surface area contributed by atoms with Crippen molar-refractivity contribution < 1.29 is 24.2 Å². The SMILES string of the molecule is CCOC(=O)c1cc(C(N)=O)cc(C(=O)O)c1. The van der Waals surface area contributed by atoms with Gasteiger partial charge in [-0.25, -0.2) is 9.59 Å². The van der Waals surface area contributed by atoms with Crippen molar-refractivity contribution in [3.8, 4) is 0 Å². The van der Waals surface area contributed by atoms with Crippen LogP contribution < -0.4 is 5.73 Å². The van der Waals surface area contributed by atoms with E-state index in [1.807, 2.05) is 0 Å². The second kappa shape index (κ2) is 5.11. The molecule has 0 unspecified atom stereocenters. The van der Waals surface area contributed by atoms with Gasteiger partial charge in [0.1, 0.15) is 0 Å². The van der Waals surface area contributed by atoms with E-state index in [4.69, 9.17) is 15.6 Å². The molecule has 0 atom stereocenters. The van der Waals surface area contributed by atoms with E-state index in [0.717, 1.165) is 12.1 Å². The van der Waals surface area contributed by atoms with Crippen LogP contribution in [0.15, 0.2) is 18.2 Å². The number of carboxylic acid groups (broad SMARTS) is 1. The first-order valence-corrected chi connectivity index (χ1v) is 4.81. The van der Waals surface area contributed by atoms with Crippen molar-refractivity contribution >= 4 is 17.8 Å². The van der Waals surface area contributed by atoms with E-state index in [2.05, 4.69) is 0 Å². The lowest BCUT2D eigenvalue weighted by Crippen LogP contribution is -2.15. The van der Waals surface area contributed by atoms with Crippen molar-refractivity contribution in [1.29, 1.82) is 0 Å². The molecule has 3 N–H and O–H groups in total. The van der Waals surface area contributed by atoms with Crippen LogP contribution in [0.4, 0.5) is 0 Å². The summed E-state index contributed by atoms with van der Waals surface area (Å²) in [6, 6.07) is 3.44. The van der Waals surface area contributed by atoms with E-state index in [9.17, 15) is 14.4 Å². The van der Waals surface area contributed by atoms with Crippen LogP contribution in [0.1, 0.15) is 38.0 Å². The van der Waals surface area contributed by atoms with Gasteiger partial charge in [0.2, 0.25) is 5.91 Å². The van der Waals surface area contributed by atoms with E-state index in [0.29, 0.717) is 0 Å². The molecule has 1 rings (SSSR count). The molecule has 1 aromatic rings. The van der Waals surface area contributed by atoms with Crippen molar-refractivity contribution in [2.75, 3.05) is 6.61 Å². The maximum absolute atomic E-state index is 11.4. The number of carboxylic acids is 1. The molecule has 17 heavy (non-hydrogen) atoms. The number of esters is 1. The number of hydrogen-bond acceptors (Lipinski definition) is 4. The molecule has 0 fully saturated rings. The summed E-state index contributed by atoms with van der Waals surface area (Å²) >= 11 is 0. The molecule has 0 saturated carbocycles. The van der Waals surface area contributed by atoms with Crippen molar-refractivity contribution in [1.82, 2.24) is 0 Å². The molecule has 0 aliphatic rings. The quantitative estimate of drug-likeness (QED) is 0.748. The number of nitrogens with two attached hydrogens (primary N) is 1. The Morgan fingerprint density at radius 1 is 1.18 bits per heavy atom. The summed E-state index contributed by atoms with van der Waals surface area (Å²) in [7, 11) is 0. The summed E-state index contributed by atoms with van der Waals surface area (Å²) in [5, 5.41) is 8.82. The van der Waals surface area contributed by atoms with Crippen LogP contribution in [-0.4, -0.2) is 29.6 Å². The van der Waals surface area contributed by atoms with Gasteiger partial charge in [0.05, 0.1) is 17.7 Å². The lowest BCUT2D eigenvalue weighted by molar-refractivity contribution is 0.0526. The molecule has 1 aromatic carbocycles. The second-order valence-corrected chi connectivity index (χ2v) is 3.19. The molecule has 0 aromatic heterocycles. The molecular formula is C11H11NO5. The molecule has 0 heterocycles. The number of carbonyl (C=O) groups is 3. The topological polar surface area (TPSA) is 107 Å². The van der Waals surface area contributed by atoms with E-state index in [-0.39, 0.29) is 23.3 Å². The highest BCUT2D eigenvalue weighted by Crippen LogP contribution is 2.11. The van der Waals surface area contributed by atoms with Crippen LogP contribution in [-0.2, 0) is 4.74 Å². The third-order valence-corrected chi connectivity index (χ3v) is 1.98. The summed E-state index contributed by atoms with van der Waals surface area (Å²) < 4.78 is 4.71.